The minimum atomic E-state index is -1.16. The van der Waals surface area contributed by atoms with Gasteiger partial charge in [0, 0.05) is 11.6 Å². The SMILES string of the molecule is CC(=O)c1cccc(C=CC(=O)O)c1F. The number of carbonyl (C=O) groups excluding carboxylic acids is 1. The van der Waals surface area contributed by atoms with Crippen LogP contribution in [-0.2, 0) is 4.79 Å². The monoisotopic (exact) mass is 208 g/mol. The second kappa shape index (κ2) is 4.50. The zero-order valence-electron chi connectivity index (χ0n) is 8.03. The summed E-state index contributed by atoms with van der Waals surface area (Å²) in [5.74, 6) is -2.25. The Kier molecular flexibility index (Phi) is 3.33. The normalized spacial score (nSPS) is 10.5. The van der Waals surface area contributed by atoms with Crippen molar-refractivity contribution in [1.29, 1.82) is 0 Å². The van der Waals surface area contributed by atoms with E-state index in [0.29, 0.717) is 0 Å². The maximum absolute atomic E-state index is 13.5. The van der Waals surface area contributed by atoms with Crippen LogP contribution in [0.15, 0.2) is 24.3 Å². The first-order valence-electron chi connectivity index (χ1n) is 4.23. The van der Waals surface area contributed by atoms with Gasteiger partial charge in [-0.2, -0.15) is 0 Å². The number of benzene rings is 1. The molecule has 0 amide bonds. The summed E-state index contributed by atoms with van der Waals surface area (Å²) in [4.78, 5) is 21.2. The summed E-state index contributed by atoms with van der Waals surface area (Å²) >= 11 is 0. The smallest absolute Gasteiger partial charge is 0.328 e. The number of Topliss-reactive ketones (excluding diaryl/α,β-unsaturated/α-hetero) is 1. The highest BCUT2D eigenvalue weighted by Gasteiger charge is 2.09. The topological polar surface area (TPSA) is 54.4 Å². The van der Waals surface area contributed by atoms with Crippen molar-refractivity contribution in [2.24, 2.45) is 0 Å². The van der Waals surface area contributed by atoms with Gasteiger partial charge >= 0.3 is 5.97 Å². The van der Waals surface area contributed by atoms with E-state index >= 15 is 0 Å². The van der Waals surface area contributed by atoms with Crippen LogP contribution in [-0.4, -0.2) is 16.9 Å². The van der Waals surface area contributed by atoms with Crippen molar-refractivity contribution in [2.45, 2.75) is 6.92 Å². The zero-order valence-corrected chi connectivity index (χ0v) is 8.03. The van der Waals surface area contributed by atoms with E-state index in [2.05, 4.69) is 0 Å². The molecule has 1 rings (SSSR count). The number of aliphatic carboxylic acids is 1. The van der Waals surface area contributed by atoms with Crippen LogP contribution in [0, 0.1) is 5.82 Å². The fourth-order valence-corrected chi connectivity index (χ4v) is 1.11. The highest BCUT2D eigenvalue weighted by atomic mass is 19.1. The molecule has 0 spiro atoms. The van der Waals surface area contributed by atoms with Gasteiger partial charge in [0.2, 0.25) is 0 Å². The summed E-state index contributed by atoms with van der Waals surface area (Å²) in [6.07, 6.45) is 1.94. The van der Waals surface area contributed by atoms with Gasteiger partial charge in [0.05, 0.1) is 5.56 Å². The average molecular weight is 208 g/mol. The van der Waals surface area contributed by atoms with Gasteiger partial charge in [-0.1, -0.05) is 12.1 Å². The summed E-state index contributed by atoms with van der Waals surface area (Å²) in [5.41, 5.74) is 0.0487. The molecule has 0 aliphatic rings. The van der Waals surface area contributed by atoms with Crippen LogP contribution < -0.4 is 0 Å². The first kappa shape index (κ1) is 11.1. The van der Waals surface area contributed by atoms with Gasteiger partial charge in [-0.3, -0.25) is 4.79 Å². The highest BCUT2D eigenvalue weighted by Crippen LogP contribution is 2.14. The number of rotatable bonds is 3. The second-order valence-corrected chi connectivity index (χ2v) is 2.94. The number of carboxylic acids is 1. The van der Waals surface area contributed by atoms with E-state index in [-0.39, 0.29) is 11.1 Å². The van der Waals surface area contributed by atoms with E-state index < -0.39 is 17.6 Å². The molecule has 0 unspecified atom stereocenters. The summed E-state index contributed by atoms with van der Waals surface area (Å²) in [6, 6.07) is 4.26. The molecular formula is C11H9FO3. The Morgan fingerprint density at radius 3 is 2.60 bits per heavy atom. The Hall–Kier alpha value is -1.97. The fourth-order valence-electron chi connectivity index (χ4n) is 1.11. The molecule has 0 aliphatic carbocycles. The lowest BCUT2D eigenvalue weighted by atomic mass is 10.1. The van der Waals surface area contributed by atoms with Crippen molar-refractivity contribution in [3.63, 3.8) is 0 Å². The average Bonchev–Trinajstić information content (AvgIpc) is 2.15. The van der Waals surface area contributed by atoms with E-state index in [1.54, 1.807) is 0 Å². The summed E-state index contributed by atoms with van der Waals surface area (Å²) in [7, 11) is 0. The predicted octanol–water partition coefficient (Wildman–Crippen LogP) is 2.13. The molecule has 15 heavy (non-hydrogen) atoms. The minimum absolute atomic E-state index is 0.0393. The number of carboxylic acid groups (broad SMARTS) is 1. The molecule has 0 fully saturated rings. The zero-order chi connectivity index (χ0) is 11.4. The van der Waals surface area contributed by atoms with Crippen molar-refractivity contribution >= 4 is 17.8 Å². The largest absolute Gasteiger partial charge is 0.478 e. The van der Waals surface area contributed by atoms with Gasteiger partial charge < -0.3 is 5.11 Å². The van der Waals surface area contributed by atoms with Gasteiger partial charge in [0.25, 0.3) is 0 Å². The first-order chi connectivity index (χ1) is 7.02. The number of halogens is 1. The molecule has 0 atom stereocenters. The van der Waals surface area contributed by atoms with Gasteiger partial charge in [-0.15, -0.1) is 0 Å². The number of hydrogen-bond donors (Lipinski definition) is 1. The second-order valence-electron chi connectivity index (χ2n) is 2.94. The molecule has 0 saturated heterocycles. The molecule has 1 aromatic rings. The Bertz CT molecular complexity index is 435. The van der Waals surface area contributed by atoms with Crippen molar-refractivity contribution in [2.75, 3.05) is 0 Å². The van der Waals surface area contributed by atoms with Crippen LogP contribution in [0.4, 0.5) is 4.39 Å². The quantitative estimate of drug-likeness (QED) is 0.611. The summed E-state index contributed by atoms with van der Waals surface area (Å²) in [5, 5.41) is 8.37. The third-order valence-corrected chi connectivity index (χ3v) is 1.81. The van der Waals surface area contributed by atoms with E-state index in [0.717, 1.165) is 12.2 Å². The van der Waals surface area contributed by atoms with Gasteiger partial charge in [0.1, 0.15) is 5.82 Å². The van der Waals surface area contributed by atoms with Gasteiger partial charge in [-0.05, 0) is 19.1 Å². The standard InChI is InChI=1S/C11H9FO3/c1-7(13)9-4-2-3-8(11(9)12)5-6-10(14)15/h2-6H,1H3,(H,14,15). The Labute approximate surface area is 85.8 Å². The Balaban J connectivity index is 3.15. The van der Waals surface area contributed by atoms with Crippen LogP contribution in [0.1, 0.15) is 22.8 Å². The number of carbonyl (C=O) groups is 2. The number of hydrogen-bond acceptors (Lipinski definition) is 2. The van der Waals surface area contributed by atoms with E-state index in [1.807, 2.05) is 0 Å². The van der Waals surface area contributed by atoms with E-state index in [1.165, 1.54) is 25.1 Å². The maximum atomic E-state index is 13.5. The van der Waals surface area contributed by atoms with Crippen LogP contribution in [0.3, 0.4) is 0 Å². The number of ketones is 1. The molecule has 0 saturated carbocycles. The lowest BCUT2D eigenvalue weighted by Gasteiger charge is -2.01. The molecule has 4 heteroatoms. The summed E-state index contributed by atoms with van der Waals surface area (Å²) < 4.78 is 13.5. The molecule has 0 aliphatic heterocycles. The van der Waals surface area contributed by atoms with Crippen molar-refractivity contribution in [3.05, 3.63) is 41.2 Å². The predicted molar refractivity (Wildman–Crippen MR) is 53.1 cm³/mol. The molecule has 0 heterocycles. The Morgan fingerprint density at radius 1 is 1.40 bits per heavy atom. The third-order valence-electron chi connectivity index (χ3n) is 1.81. The van der Waals surface area contributed by atoms with Crippen LogP contribution in [0.25, 0.3) is 6.08 Å². The van der Waals surface area contributed by atoms with Crippen LogP contribution in [0.5, 0.6) is 0 Å². The van der Waals surface area contributed by atoms with Crippen LogP contribution in [0.2, 0.25) is 0 Å². The maximum Gasteiger partial charge on any atom is 0.328 e. The molecule has 1 aromatic carbocycles. The lowest BCUT2D eigenvalue weighted by Crippen LogP contribution is -1.98. The molecule has 0 radical (unpaired) electrons. The molecular weight excluding hydrogens is 199 g/mol. The first-order valence-corrected chi connectivity index (χ1v) is 4.23. The van der Waals surface area contributed by atoms with E-state index in [4.69, 9.17) is 5.11 Å². The summed E-state index contributed by atoms with van der Waals surface area (Å²) in [6.45, 7) is 1.25. The molecule has 1 N–H and O–H groups in total. The molecule has 0 aromatic heterocycles. The van der Waals surface area contributed by atoms with Crippen molar-refractivity contribution in [3.8, 4) is 0 Å². The van der Waals surface area contributed by atoms with Crippen molar-refractivity contribution in [1.82, 2.24) is 0 Å². The van der Waals surface area contributed by atoms with Gasteiger partial charge in [-0.25, -0.2) is 9.18 Å². The molecule has 3 nitrogen and oxygen atoms in total. The fraction of sp³-hybridized carbons (Fsp3) is 0.0909. The highest BCUT2D eigenvalue weighted by molar-refractivity contribution is 5.95. The minimum Gasteiger partial charge on any atom is -0.478 e. The Morgan fingerprint density at radius 2 is 2.07 bits per heavy atom. The van der Waals surface area contributed by atoms with Crippen LogP contribution >= 0.6 is 0 Å². The third kappa shape index (κ3) is 2.74. The molecule has 0 bridgehead atoms. The molecule has 78 valence electrons. The van der Waals surface area contributed by atoms with E-state index in [9.17, 15) is 14.0 Å². The van der Waals surface area contributed by atoms with Gasteiger partial charge in [0.15, 0.2) is 5.78 Å². The van der Waals surface area contributed by atoms with Crippen molar-refractivity contribution < 1.29 is 19.1 Å². The lowest BCUT2D eigenvalue weighted by molar-refractivity contribution is -0.131.